The molecule has 2 N–H and O–H groups in total. The third kappa shape index (κ3) is 5.82. The van der Waals surface area contributed by atoms with E-state index in [1.807, 2.05) is 25.3 Å². The minimum absolute atomic E-state index is 0.0145. The molecule has 18 heavy (non-hydrogen) atoms. The summed E-state index contributed by atoms with van der Waals surface area (Å²) in [6.07, 6.45) is 1.27. The van der Waals surface area contributed by atoms with Crippen LogP contribution >= 0.6 is 11.3 Å². The van der Waals surface area contributed by atoms with E-state index in [4.69, 9.17) is 0 Å². The number of thiophene rings is 1. The molecule has 1 heterocycles. The number of nitrogens with one attached hydrogen (secondary N) is 2. The van der Waals surface area contributed by atoms with Crippen molar-refractivity contribution in [3.05, 3.63) is 22.4 Å². The first-order chi connectivity index (χ1) is 8.59. The van der Waals surface area contributed by atoms with Crippen LogP contribution in [0.25, 0.3) is 0 Å². The van der Waals surface area contributed by atoms with E-state index in [9.17, 15) is 9.59 Å². The van der Waals surface area contributed by atoms with Gasteiger partial charge in [0.25, 0.3) is 0 Å². The molecular weight excluding hydrogens is 248 g/mol. The van der Waals surface area contributed by atoms with Gasteiger partial charge in [0.05, 0.1) is 0 Å². The Morgan fingerprint density at radius 3 is 2.61 bits per heavy atom. The average molecular weight is 268 g/mol. The van der Waals surface area contributed by atoms with Gasteiger partial charge in [-0.25, -0.2) is 0 Å². The van der Waals surface area contributed by atoms with Crippen molar-refractivity contribution in [2.45, 2.75) is 26.7 Å². The number of hydrogen-bond donors (Lipinski definition) is 2. The van der Waals surface area contributed by atoms with Gasteiger partial charge in [0.2, 0.25) is 11.8 Å². The SMILES string of the molecule is CC(C)C(=O)NCCNC(=O)CCc1ccsc1. The minimum atomic E-state index is -0.0145. The largest absolute Gasteiger partial charge is 0.354 e. The van der Waals surface area contributed by atoms with Crippen LogP contribution in [0.2, 0.25) is 0 Å². The molecule has 0 spiro atoms. The number of aryl methyl sites for hydroxylation is 1. The van der Waals surface area contributed by atoms with Crippen molar-refractivity contribution >= 4 is 23.2 Å². The molecule has 0 saturated carbocycles. The molecule has 5 heteroatoms. The Kier molecular flexibility index (Phi) is 6.43. The van der Waals surface area contributed by atoms with Crippen LogP contribution in [0.1, 0.15) is 25.8 Å². The lowest BCUT2D eigenvalue weighted by molar-refractivity contribution is -0.124. The zero-order valence-corrected chi connectivity index (χ0v) is 11.7. The van der Waals surface area contributed by atoms with Crippen LogP contribution in [0.5, 0.6) is 0 Å². The van der Waals surface area contributed by atoms with Gasteiger partial charge in [-0.05, 0) is 28.8 Å². The molecule has 0 saturated heterocycles. The smallest absolute Gasteiger partial charge is 0.222 e. The van der Waals surface area contributed by atoms with Crippen LogP contribution in [0.15, 0.2) is 16.8 Å². The van der Waals surface area contributed by atoms with Crippen molar-refractivity contribution in [3.8, 4) is 0 Å². The summed E-state index contributed by atoms with van der Waals surface area (Å²) < 4.78 is 0. The average Bonchev–Trinajstić information content (AvgIpc) is 2.84. The van der Waals surface area contributed by atoms with Crippen molar-refractivity contribution in [2.75, 3.05) is 13.1 Å². The fourth-order valence-corrected chi connectivity index (χ4v) is 2.08. The summed E-state index contributed by atoms with van der Waals surface area (Å²) in [5, 5.41) is 9.60. The summed E-state index contributed by atoms with van der Waals surface area (Å²) in [5.74, 6) is 0.0295. The van der Waals surface area contributed by atoms with Gasteiger partial charge in [0.15, 0.2) is 0 Å². The first kappa shape index (κ1) is 14.7. The second-order valence-electron chi connectivity index (χ2n) is 4.43. The lowest BCUT2D eigenvalue weighted by Crippen LogP contribution is -2.36. The number of amides is 2. The molecule has 0 atom stereocenters. The maximum Gasteiger partial charge on any atom is 0.222 e. The molecule has 100 valence electrons. The predicted molar refractivity (Wildman–Crippen MR) is 73.5 cm³/mol. The van der Waals surface area contributed by atoms with Crippen molar-refractivity contribution in [2.24, 2.45) is 5.92 Å². The van der Waals surface area contributed by atoms with Gasteiger partial charge in [-0.1, -0.05) is 13.8 Å². The van der Waals surface area contributed by atoms with Crippen molar-refractivity contribution in [3.63, 3.8) is 0 Å². The zero-order chi connectivity index (χ0) is 13.4. The second kappa shape index (κ2) is 7.87. The molecule has 1 aromatic rings. The first-order valence-electron chi connectivity index (χ1n) is 6.15. The predicted octanol–water partition coefficient (Wildman–Crippen LogP) is 1.57. The molecule has 0 aromatic carbocycles. The topological polar surface area (TPSA) is 58.2 Å². The van der Waals surface area contributed by atoms with Crippen LogP contribution in [-0.2, 0) is 16.0 Å². The van der Waals surface area contributed by atoms with E-state index in [1.165, 1.54) is 5.56 Å². The molecule has 4 nitrogen and oxygen atoms in total. The Bertz CT molecular complexity index is 374. The van der Waals surface area contributed by atoms with E-state index >= 15 is 0 Å². The zero-order valence-electron chi connectivity index (χ0n) is 10.9. The third-order valence-electron chi connectivity index (χ3n) is 2.49. The third-order valence-corrected chi connectivity index (χ3v) is 3.22. The molecule has 1 rings (SSSR count). The molecule has 0 fully saturated rings. The number of carbonyl (C=O) groups is 2. The molecule has 0 radical (unpaired) electrons. The highest BCUT2D eigenvalue weighted by Crippen LogP contribution is 2.07. The Balaban J connectivity index is 2.05. The summed E-state index contributed by atoms with van der Waals surface area (Å²) in [7, 11) is 0. The number of carbonyl (C=O) groups excluding carboxylic acids is 2. The summed E-state index contributed by atoms with van der Waals surface area (Å²) in [6, 6.07) is 2.03. The maximum atomic E-state index is 11.5. The molecule has 2 amide bonds. The number of hydrogen-bond acceptors (Lipinski definition) is 3. The highest BCUT2D eigenvalue weighted by molar-refractivity contribution is 7.07. The Morgan fingerprint density at radius 2 is 2.00 bits per heavy atom. The summed E-state index contributed by atoms with van der Waals surface area (Å²) in [6.45, 7) is 4.66. The lowest BCUT2D eigenvalue weighted by Gasteiger charge is -2.08. The second-order valence-corrected chi connectivity index (χ2v) is 5.21. The van der Waals surface area contributed by atoms with Crippen LogP contribution in [0, 0.1) is 5.92 Å². The van der Waals surface area contributed by atoms with Crippen LogP contribution in [0.3, 0.4) is 0 Å². The van der Waals surface area contributed by atoms with E-state index in [-0.39, 0.29) is 17.7 Å². The minimum Gasteiger partial charge on any atom is -0.354 e. The van der Waals surface area contributed by atoms with Gasteiger partial charge in [-0.15, -0.1) is 0 Å². The van der Waals surface area contributed by atoms with Crippen molar-refractivity contribution < 1.29 is 9.59 Å². The molecule has 0 bridgehead atoms. The summed E-state index contributed by atoms with van der Waals surface area (Å²) in [4.78, 5) is 22.7. The van der Waals surface area contributed by atoms with Gasteiger partial charge in [0, 0.05) is 25.4 Å². The summed E-state index contributed by atoms with van der Waals surface area (Å²) in [5.41, 5.74) is 1.20. The quantitative estimate of drug-likeness (QED) is 0.737. The van der Waals surface area contributed by atoms with E-state index in [2.05, 4.69) is 16.0 Å². The normalized spacial score (nSPS) is 10.4. The Labute approximate surface area is 112 Å². The lowest BCUT2D eigenvalue weighted by atomic mass is 10.2. The van der Waals surface area contributed by atoms with Crippen LogP contribution < -0.4 is 10.6 Å². The van der Waals surface area contributed by atoms with Gasteiger partial charge in [-0.2, -0.15) is 11.3 Å². The Hall–Kier alpha value is -1.36. The van der Waals surface area contributed by atoms with E-state index in [0.29, 0.717) is 19.5 Å². The molecule has 0 aliphatic heterocycles. The van der Waals surface area contributed by atoms with Gasteiger partial charge in [0.1, 0.15) is 0 Å². The van der Waals surface area contributed by atoms with Crippen LogP contribution in [0.4, 0.5) is 0 Å². The van der Waals surface area contributed by atoms with E-state index < -0.39 is 0 Å². The molecule has 1 aromatic heterocycles. The Morgan fingerprint density at radius 1 is 1.28 bits per heavy atom. The van der Waals surface area contributed by atoms with E-state index in [0.717, 1.165) is 6.42 Å². The van der Waals surface area contributed by atoms with Gasteiger partial charge in [-0.3, -0.25) is 9.59 Å². The van der Waals surface area contributed by atoms with Crippen molar-refractivity contribution in [1.82, 2.24) is 10.6 Å². The maximum absolute atomic E-state index is 11.5. The first-order valence-corrected chi connectivity index (χ1v) is 7.09. The monoisotopic (exact) mass is 268 g/mol. The molecule has 0 unspecified atom stereocenters. The highest BCUT2D eigenvalue weighted by atomic mass is 32.1. The van der Waals surface area contributed by atoms with E-state index in [1.54, 1.807) is 11.3 Å². The molecule has 0 aliphatic rings. The van der Waals surface area contributed by atoms with Gasteiger partial charge >= 0.3 is 0 Å². The highest BCUT2D eigenvalue weighted by Gasteiger charge is 2.06. The molecular formula is C13H20N2O2S. The fraction of sp³-hybridized carbons (Fsp3) is 0.538. The number of rotatable bonds is 7. The summed E-state index contributed by atoms with van der Waals surface area (Å²) >= 11 is 1.64. The fourth-order valence-electron chi connectivity index (χ4n) is 1.37. The standard InChI is InChI=1S/C13H20N2O2S/c1-10(2)13(17)15-7-6-14-12(16)4-3-11-5-8-18-9-11/h5,8-10H,3-4,6-7H2,1-2H3,(H,14,16)(H,15,17). The van der Waals surface area contributed by atoms with Gasteiger partial charge < -0.3 is 10.6 Å². The van der Waals surface area contributed by atoms with Crippen molar-refractivity contribution in [1.29, 1.82) is 0 Å². The van der Waals surface area contributed by atoms with Crippen LogP contribution in [-0.4, -0.2) is 24.9 Å². The molecule has 0 aliphatic carbocycles.